The van der Waals surface area contributed by atoms with Crippen molar-refractivity contribution in [3.63, 3.8) is 0 Å². The maximum absolute atomic E-state index is 13.2. The van der Waals surface area contributed by atoms with E-state index < -0.39 is 6.17 Å². The first-order valence-corrected chi connectivity index (χ1v) is 12.2. The van der Waals surface area contributed by atoms with E-state index >= 15 is 0 Å². The number of fused-ring (bicyclic) bond motifs is 1. The molecule has 0 fully saturated rings. The molecule has 36 heavy (non-hydrogen) atoms. The fourth-order valence-corrected chi connectivity index (χ4v) is 4.01. The van der Waals surface area contributed by atoms with Crippen molar-refractivity contribution < 1.29 is 14.3 Å². The Balaban J connectivity index is 1.63. The van der Waals surface area contributed by atoms with E-state index in [9.17, 15) is 9.59 Å². The highest BCUT2D eigenvalue weighted by Gasteiger charge is 2.25. The van der Waals surface area contributed by atoms with E-state index in [1.165, 1.54) is 0 Å². The van der Waals surface area contributed by atoms with Crippen LogP contribution in [0.2, 0.25) is 0 Å². The van der Waals surface area contributed by atoms with Crippen molar-refractivity contribution in [2.24, 2.45) is 15.6 Å². The van der Waals surface area contributed by atoms with Crippen LogP contribution in [0.25, 0.3) is 0 Å². The van der Waals surface area contributed by atoms with Gasteiger partial charge in [0, 0.05) is 33.4 Å². The third-order valence-electron chi connectivity index (χ3n) is 5.99. The number of ether oxygens (including phenoxy) is 1. The molecule has 1 aromatic rings. The summed E-state index contributed by atoms with van der Waals surface area (Å²) in [7, 11) is 5.03. The van der Waals surface area contributed by atoms with Crippen LogP contribution in [-0.2, 0) is 13.0 Å². The molecular formula is C27H38N6O3. The van der Waals surface area contributed by atoms with Gasteiger partial charge in [0.1, 0.15) is 11.9 Å². The molecule has 9 nitrogen and oxygen atoms in total. The van der Waals surface area contributed by atoms with Gasteiger partial charge in [-0.1, -0.05) is 26.8 Å². The third kappa shape index (κ3) is 7.44. The summed E-state index contributed by atoms with van der Waals surface area (Å²) in [6.07, 6.45) is 11.2. The maximum Gasteiger partial charge on any atom is 0.319 e. The molecule has 2 heterocycles. The van der Waals surface area contributed by atoms with E-state index in [1.807, 2.05) is 36.6 Å². The standard InChI is InChI=1S/C27H38N6O3/c1-27(2,3)12-8-13-28-29-17-21-9-7-10-24(30-21)31-25(34)22-15-20-18-33(26(35)32(4)5)14-11-19(20)16-23(22)36-6/h7,9-10,13,15-17,24,30H,8,11-12,14,18H2,1-6H3,(H,31,34)/b28-13+,29-17+. The molecular weight excluding hydrogens is 456 g/mol. The van der Waals surface area contributed by atoms with Gasteiger partial charge in [-0.05, 0) is 60.1 Å². The van der Waals surface area contributed by atoms with Crippen LogP contribution in [0.4, 0.5) is 4.79 Å². The summed E-state index contributed by atoms with van der Waals surface area (Å²) in [5, 5.41) is 14.4. The average molecular weight is 495 g/mol. The number of carbonyl (C=O) groups is 2. The van der Waals surface area contributed by atoms with Crippen LogP contribution >= 0.6 is 0 Å². The van der Waals surface area contributed by atoms with Gasteiger partial charge in [0.25, 0.3) is 5.91 Å². The molecule has 9 heteroatoms. The monoisotopic (exact) mass is 494 g/mol. The molecule has 0 saturated carbocycles. The molecule has 1 atom stereocenters. The van der Waals surface area contributed by atoms with Gasteiger partial charge in [-0.25, -0.2) is 4.79 Å². The minimum Gasteiger partial charge on any atom is -0.496 e. The Labute approximate surface area is 214 Å². The van der Waals surface area contributed by atoms with Crippen LogP contribution in [0, 0.1) is 5.41 Å². The Morgan fingerprint density at radius 1 is 1.25 bits per heavy atom. The maximum atomic E-state index is 13.2. The van der Waals surface area contributed by atoms with Gasteiger partial charge in [-0.2, -0.15) is 10.2 Å². The number of allylic oxidation sites excluding steroid dienone is 3. The Hall–Kier alpha value is -3.62. The largest absolute Gasteiger partial charge is 0.496 e. The zero-order chi connectivity index (χ0) is 26.3. The molecule has 0 saturated heterocycles. The van der Waals surface area contributed by atoms with E-state index in [4.69, 9.17) is 4.74 Å². The lowest BCUT2D eigenvalue weighted by Crippen LogP contribution is -2.45. The Morgan fingerprint density at radius 2 is 2.03 bits per heavy atom. The van der Waals surface area contributed by atoms with Crippen LogP contribution in [0.15, 0.2) is 46.3 Å². The summed E-state index contributed by atoms with van der Waals surface area (Å²) in [5.41, 5.74) is 3.48. The highest BCUT2D eigenvalue weighted by atomic mass is 16.5. The number of rotatable bonds is 7. The lowest BCUT2D eigenvalue weighted by molar-refractivity contribution is 0.0937. The first-order chi connectivity index (χ1) is 17.1. The molecule has 1 unspecified atom stereocenters. The van der Waals surface area contributed by atoms with E-state index in [-0.39, 0.29) is 17.4 Å². The normalized spacial score (nSPS) is 17.6. The van der Waals surface area contributed by atoms with Crippen molar-refractivity contribution >= 4 is 24.4 Å². The number of hydrogen-bond donors (Lipinski definition) is 2. The summed E-state index contributed by atoms with van der Waals surface area (Å²) in [4.78, 5) is 29.0. The lowest BCUT2D eigenvalue weighted by atomic mass is 9.91. The second kappa shape index (κ2) is 11.9. The molecule has 3 amide bonds. The molecule has 1 aromatic carbocycles. The summed E-state index contributed by atoms with van der Waals surface area (Å²) in [6, 6.07) is 3.69. The van der Waals surface area contributed by atoms with E-state index in [0.29, 0.717) is 30.8 Å². The number of methoxy groups -OCH3 is 1. The SMILES string of the molecule is COc1cc2c(cc1C(=O)NC1C=CC=C(/C=N/N=C/CCC(C)(C)C)N1)CN(C(=O)N(C)C)CC2. The van der Waals surface area contributed by atoms with Gasteiger partial charge < -0.3 is 25.2 Å². The van der Waals surface area contributed by atoms with Crippen molar-refractivity contribution in [1.29, 1.82) is 0 Å². The number of benzene rings is 1. The minimum atomic E-state index is -0.415. The molecule has 0 aromatic heterocycles. The van der Waals surface area contributed by atoms with E-state index in [2.05, 4.69) is 41.6 Å². The summed E-state index contributed by atoms with van der Waals surface area (Å²) < 4.78 is 5.53. The molecule has 0 aliphatic carbocycles. The highest BCUT2D eigenvalue weighted by molar-refractivity contribution is 5.97. The highest BCUT2D eigenvalue weighted by Crippen LogP contribution is 2.28. The van der Waals surface area contributed by atoms with Crippen molar-refractivity contribution in [2.45, 2.75) is 52.7 Å². The molecule has 3 rings (SSSR count). The van der Waals surface area contributed by atoms with Crippen LogP contribution in [0.3, 0.4) is 0 Å². The summed E-state index contributed by atoms with van der Waals surface area (Å²) in [5.74, 6) is 0.242. The molecule has 0 radical (unpaired) electrons. The van der Waals surface area contributed by atoms with Crippen LogP contribution < -0.4 is 15.4 Å². The second-order valence-electron chi connectivity index (χ2n) is 10.4. The Kier molecular flexibility index (Phi) is 8.90. The van der Waals surface area contributed by atoms with Crippen LogP contribution in [0.1, 0.15) is 55.1 Å². The van der Waals surface area contributed by atoms with Crippen molar-refractivity contribution in [1.82, 2.24) is 20.4 Å². The number of amides is 3. The molecule has 2 N–H and O–H groups in total. The van der Waals surface area contributed by atoms with Gasteiger partial charge in [-0.15, -0.1) is 0 Å². The average Bonchev–Trinajstić information content (AvgIpc) is 2.84. The minimum absolute atomic E-state index is 0.0430. The predicted octanol–water partition coefficient (Wildman–Crippen LogP) is 3.72. The number of dihydropyridines is 1. The van der Waals surface area contributed by atoms with E-state index in [1.54, 1.807) is 37.2 Å². The van der Waals surface area contributed by atoms with Gasteiger partial charge in [-0.3, -0.25) is 4.79 Å². The second-order valence-corrected chi connectivity index (χ2v) is 10.4. The third-order valence-corrected chi connectivity index (χ3v) is 5.99. The number of hydrogen-bond acceptors (Lipinski definition) is 6. The zero-order valence-corrected chi connectivity index (χ0v) is 22.2. The van der Waals surface area contributed by atoms with E-state index in [0.717, 1.165) is 29.7 Å². The fourth-order valence-electron chi connectivity index (χ4n) is 4.01. The Bertz CT molecular complexity index is 1080. The van der Waals surface area contributed by atoms with Gasteiger partial charge >= 0.3 is 6.03 Å². The molecule has 0 bridgehead atoms. The summed E-state index contributed by atoms with van der Waals surface area (Å²) >= 11 is 0. The van der Waals surface area contributed by atoms with Crippen LogP contribution in [-0.4, -0.2) is 68.1 Å². The van der Waals surface area contributed by atoms with Gasteiger partial charge in [0.15, 0.2) is 0 Å². The number of urea groups is 1. The van der Waals surface area contributed by atoms with Crippen molar-refractivity contribution in [3.05, 3.63) is 52.7 Å². The number of nitrogens with zero attached hydrogens (tertiary/aromatic N) is 4. The van der Waals surface area contributed by atoms with Crippen LogP contribution in [0.5, 0.6) is 5.75 Å². The first kappa shape index (κ1) is 27.0. The lowest BCUT2D eigenvalue weighted by Gasteiger charge is -2.31. The number of carbonyl (C=O) groups excluding carboxylic acids is 2. The fraction of sp³-hybridized carbons (Fsp3) is 0.481. The molecule has 194 valence electrons. The first-order valence-electron chi connectivity index (χ1n) is 12.2. The topological polar surface area (TPSA) is 98.6 Å². The van der Waals surface area contributed by atoms with Crippen molar-refractivity contribution in [2.75, 3.05) is 27.7 Å². The Morgan fingerprint density at radius 3 is 2.72 bits per heavy atom. The summed E-state index contributed by atoms with van der Waals surface area (Å²) in [6.45, 7) is 7.68. The van der Waals surface area contributed by atoms with Crippen molar-refractivity contribution in [3.8, 4) is 5.75 Å². The molecule has 2 aliphatic heterocycles. The quantitative estimate of drug-likeness (QED) is 0.446. The zero-order valence-electron chi connectivity index (χ0n) is 22.2. The predicted molar refractivity (Wildman–Crippen MR) is 143 cm³/mol. The van der Waals surface area contributed by atoms with Gasteiger partial charge in [0.2, 0.25) is 0 Å². The number of nitrogens with one attached hydrogen (secondary N) is 2. The smallest absolute Gasteiger partial charge is 0.319 e. The molecule has 2 aliphatic rings. The van der Waals surface area contributed by atoms with Gasteiger partial charge in [0.05, 0.1) is 24.6 Å². The molecule has 0 spiro atoms.